The van der Waals surface area contributed by atoms with Crippen molar-refractivity contribution in [2.75, 3.05) is 13.1 Å². The maximum atomic E-state index is 5.48. The summed E-state index contributed by atoms with van der Waals surface area (Å²) >= 11 is 0. The van der Waals surface area contributed by atoms with E-state index in [9.17, 15) is 0 Å². The van der Waals surface area contributed by atoms with Crippen molar-refractivity contribution < 1.29 is 4.52 Å². The molecule has 0 radical (unpaired) electrons. The Morgan fingerprint density at radius 2 is 2.15 bits per heavy atom. The predicted molar refractivity (Wildman–Crippen MR) is 81.4 cm³/mol. The van der Waals surface area contributed by atoms with Gasteiger partial charge in [-0.3, -0.25) is 4.90 Å². The Hall–Kier alpha value is -0.870. The van der Waals surface area contributed by atoms with E-state index in [2.05, 4.69) is 42.2 Å². The molecule has 20 heavy (non-hydrogen) atoms. The van der Waals surface area contributed by atoms with Gasteiger partial charge in [0, 0.05) is 18.7 Å². The number of nitrogens with zero attached hydrogens (tertiary/aromatic N) is 2. The van der Waals surface area contributed by atoms with Gasteiger partial charge >= 0.3 is 0 Å². The molecule has 1 saturated carbocycles. The van der Waals surface area contributed by atoms with Crippen molar-refractivity contribution >= 4 is 0 Å². The van der Waals surface area contributed by atoms with Crippen LogP contribution < -0.4 is 5.32 Å². The number of nitrogens with one attached hydrogen (secondary N) is 1. The van der Waals surface area contributed by atoms with Gasteiger partial charge in [-0.15, -0.1) is 0 Å². The van der Waals surface area contributed by atoms with Crippen molar-refractivity contribution in [3.63, 3.8) is 0 Å². The molecule has 0 bridgehead atoms. The summed E-state index contributed by atoms with van der Waals surface area (Å²) in [6.45, 7) is 10.5. The quantitative estimate of drug-likeness (QED) is 0.793. The Morgan fingerprint density at radius 3 is 2.80 bits per heavy atom. The van der Waals surface area contributed by atoms with E-state index < -0.39 is 0 Å². The standard InChI is InChI=1S/C16H29N3O/c1-4-19(15-7-5-6-8-15)12-16-9-14(18-20-16)11-17-10-13(2)3/h9,13,15,17H,4-8,10-12H2,1-3H3. The van der Waals surface area contributed by atoms with Gasteiger partial charge in [0.1, 0.15) is 0 Å². The summed E-state index contributed by atoms with van der Waals surface area (Å²) in [5, 5.41) is 7.56. The SMILES string of the molecule is CCN(Cc1cc(CNCC(C)C)no1)C1CCCC1. The first-order chi connectivity index (χ1) is 9.69. The predicted octanol–water partition coefficient (Wildman–Crippen LogP) is 3.18. The van der Waals surface area contributed by atoms with Crippen LogP contribution in [0.25, 0.3) is 0 Å². The minimum atomic E-state index is 0.666. The molecule has 1 aliphatic carbocycles. The van der Waals surface area contributed by atoms with Crippen LogP contribution in [0.5, 0.6) is 0 Å². The molecule has 1 N–H and O–H groups in total. The van der Waals surface area contributed by atoms with Gasteiger partial charge in [-0.1, -0.05) is 38.8 Å². The molecular weight excluding hydrogens is 250 g/mol. The minimum absolute atomic E-state index is 0.666. The minimum Gasteiger partial charge on any atom is -0.360 e. The maximum Gasteiger partial charge on any atom is 0.151 e. The third kappa shape index (κ3) is 4.60. The van der Waals surface area contributed by atoms with Crippen molar-refractivity contribution in [1.82, 2.24) is 15.4 Å². The van der Waals surface area contributed by atoms with Crippen LogP contribution in [0.2, 0.25) is 0 Å². The van der Waals surface area contributed by atoms with E-state index in [1.165, 1.54) is 25.7 Å². The third-order valence-electron chi connectivity index (χ3n) is 4.07. The highest BCUT2D eigenvalue weighted by molar-refractivity contribution is 5.05. The Balaban J connectivity index is 1.81. The van der Waals surface area contributed by atoms with E-state index >= 15 is 0 Å². The first-order valence-electron chi connectivity index (χ1n) is 8.08. The fourth-order valence-electron chi connectivity index (χ4n) is 2.97. The first kappa shape index (κ1) is 15.5. The molecule has 4 nitrogen and oxygen atoms in total. The zero-order chi connectivity index (χ0) is 14.4. The molecule has 0 saturated heterocycles. The molecule has 1 fully saturated rings. The summed E-state index contributed by atoms with van der Waals surface area (Å²) in [5.74, 6) is 1.67. The Kier molecular flexibility index (Phi) is 6.05. The Bertz CT molecular complexity index is 383. The Morgan fingerprint density at radius 1 is 1.40 bits per heavy atom. The number of rotatable bonds is 8. The molecule has 0 aliphatic heterocycles. The molecule has 1 heterocycles. The smallest absolute Gasteiger partial charge is 0.151 e. The van der Waals surface area contributed by atoms with Crippen LogP contribution in [0.4, 0.5) is 0 Å². The van der Waals surface area contributed by atoms with E-state index in [0.29, 0.717) is 5.92 Å². The molecule has 1 aromatic rings. The topological polar surface area (TPSA) is 41.3 Å². The Labute approximate surface area is 122 Å². The van der Waals surface area contributed by atoms with E-state index in [4.69, 9.17) is 4.52 Å². The lowest BCUT2D eigenvalue weighted by atomic mass is 10.2. The second-order valence-corrected chi connectivity index (χ2v) is 6.31. The summed E-state index contributed by atoms with van der Waals surface area (Å²) in [6, 6.07) is 2.85. The second kappa shape index (κ2) is 7.79. The van der Waals surface area contributed by atoms with E-state index in [1.807, 2.05) is 0 Å². The average Bonchev–Trinajstić information content (AvgIpc) is 3.06. The molecule has 4 heteroatoms. The van der Waals surface area contributed by atoms with Crippen molar-refractivity contribution in [3.8, 4) is 0 Å². The molecule has 1 aliphatic rings. The lowest BCUT2D eigenvalue weighted by molar-refractivity contribution is 0.178. The zero-order valence-corrected chi connectivity index (χ0v) is 13.2. The fraction of sp³-hybridized carbons (Fsp3) is 0.812. The van der Waals surface area contributed by atoms with Crippen molar-refractivity contribution in [1.29, 1.82) is 0 Å². The molecular formula is C16H29N3O. The normalized spacial score (nSPS) is 16.6. The molecule has 0 atom stereocenters. The molecule has 0 unspecified atom stereocenters. The lowest BCUT2D eigenvalue weighted by Gasteiger charge is -2.25. The van der Waals surface area contributed by atoms with Crippen LogP contribution in [0, 0.1) is 5.92 Å². The van der Waals surface area contributed by atoms with Crippen LogP contribution in [-0.4, -0.2) is 29.2 Å². The number of hydrogen-bond acceptors (Lipinski definition) is 4. The van der Waals surface area contributed by atoms with Gasteiger partial charge in [0.2, 0.25) is 0 Å². The summed E-state index contributed by atoms with van der Waals surface area (Å²) in [5.41, 5.74) is 1.02. The summed E-state index contributed by atoms with van der Waals surface area (Å²) in [7, 11) is 0. The van der Waals surface area contributed by atoms with E-state index in [1.54, 1.807) is 0 Å². The van der Waals surface area contributed by atoms with Crippen LogP contribution in [0.15, 0.2) is 10.6 Å². The molecule has 2 rings (SSSR count). The van der Waals surface area contributed by atoms with E-state index in [-0.39, 0.29) is 0 Å². The van der Waals surface area contributed by atoms with Crippen molar-refractivity contribution in [2.45, 2.75) is 65.6 Å². The number of hydrogen-bond donors (Lipinski definition) is 1. The average molecular weight is 279 g/mol. The first-order valence-corrected chi connectivity index (χ1v) is 8.08. The van der Waals surface area contributed by atoms with Gasteiger partial charge in [-0.25, -0.2) is 0 Å². The van der Waals surface area contributed by atoms with Gasteiger partial charge in [-0.2, -0.15) is 0 Å². The van der Waals surface area contributed by atoms with Gasteiger partial charge in [0.25, 0.3) is 0 Å². The van der Waals surface area contributed by atoms with Crippen LogP contribution >= 0.6 is 0 Å². The van der Waals surface area contributed by atoms with Crippen LogP contribution in [0.1, 0.15) is 57.9 Å². The van der Waals surface area contributed by atoms with Gasteiger partial charge in [0.05, 0.1) is 12.2 Å². The van der Waals surface area contributed by atoms with E-state index in [0.717, 1.165) is 43.7 Å². The molecule has 0 spiro atoms. The number of aromatic nitrogens is 1. The van der Waals surface area contributed by atoms with Crippen molar-refractivity contribution in [3.05, 3.63) is 17.5 Å². The summed E-state index contributed by atoms with van der Waals surface area (Å²) < 4.78 is 5.48. The highest BCUT2D eigenvalue weighted by Gasteiger charge is 2.22. The fourth-order valence-corrected chi connectivity index (χ4v) is 2.97. The molecule has 0 aromatic carbocycles. The van der Waals surface area contributed by atoms with Gasteiger partial charge in [-0.05, 0) is 31.8 Å². The van der Waals surface area contributed by atoms with Gasteiger partial charge in [0.15, 0.2) is 5.76 Å². The summed E-state index contributed by atoms with van der Waals surface area (Å²) in [6.07, 6.45) is 5.43. The monoisotopic (exact) mass is 279 g/mol. The van der Waals surface area contributed by atoms with Crippen molar-refractivity contribution in [2.24, 2.45) is 5.92 Å². The molecule has 114 valence electrons. The second-order valence-electron chi connectivity index (χ2n) is 6.31. The maximum absolute atomic E-state index is 5.48. The molecule has 1 aromatic heterocycles. The largest absolute Gasteiger partial charge is 0.360 e. The third-order valence-corrected chi connectivity index (χ3v) is 4.07. The van der Waals surface area contributed by atoms with Gasteiger partial charge < -0.3 is 9.84 Å². The van der Waals surface area contributed by atoms with Crippen LogP contribution in [-0.2, 0) is 13.1 Å². The molecule has 0 amide bonds. The zero-order valence-electron chi connectivity index (χ0n) is 13.2. The van der Waals surface area contributed by atoms with Crippen LogP contribution in [0.3, 0.4) is 0 Å². The summed E-state index contributed by atoms with van der Waals surface area (Å²) in [4.78, 5) is 2.53. The highest BCUT2D eigenvalue weighted by atomic mass is 16.5. The lowest BCUT2D eigenvalue weighted by Crippen LogP contribution is -2.32. The highest BCUT2D eigenvalue weighted by Crippen LogP contribution is 2.24.